The van der Waals surface area contributed by atoms with Crippen LogP contribution >= 0.6 is 11.6 Å². The molecule has 0 aromatic carbocycles. The van der Waals surface area contributed by atoms with E-state index in [0.29, 0.717) is 38.9 Å². The molecule has 0 saturated carbocycles. The molecule has 4 heteroatoms. The van der Waals surface area contributed by atoms with Crippen molar-refractivity contribution >= 4 is 11.6 Å². The number of hydrogen-bond acceptors (Lipinski definition) is 3. The van der Waals surface area contributed by atoms with Gasteiger partial charge in [0.15, 0.2) is 0 Å². The fourth-order valence-electron chi connectivity index (χ4n) is 1.16. The van der Waals surface area contributed by atoms with Crippen molar-refractivity contribution in [2.75, 3.05) is 45.5 Å². The number of rotatable bonds is 11. The van der Waals surface area contributed by atoms with Crippen LogP contribution in [0.4, 0.5) is 0 Å². The molecule has 0 spiro atoms. The summed E-state index contributed by atoms with van der Waals surface area (Å²) < 4.78 is 16.3. The van der Waals surface area contributed by atoms with Gasteiger partial charge in [0, 0.05) is 17.9 Å². The maximum absolute atomic E-state index is 5.54. The summed E-state index contributed by atoms with van der Waals surface area (Å²) in [6, 6.07) is 0. The predicted octanol–water partition coefficient (Wildman–Crippen LogP) is 2.71. The summed E-state index contributed by atoms with van der Waals surface area (Å²) in [4.78, 5) is 0. The highest BCUT2D eigenvalue weighted by atomic mass is 35.5. The van der Waals surface area contributed by atoms with E-state index in [1.54, 1.807) is 0 Å². The van der Waals surface area contributed by atoms with E-state index < -0.39 is 0 Å². The molecule has 0 aliphatic rings. The zero-order chi connectivity index (χ0) is 12.3. The van der Waals surface area contributed by atoms with Crippen molar-refractivity contribution in [2.45, 2.75) is 27.2 Å². The molecule has 0 N–H and O–H groups in total. The number of alkyl halides is 1. The standard InChI is InChI=1S/C12H25ClO3/c1-4-6-14-8-9-16-11-12(2,3)10-15-7-5-13/h4-11H2,1-3H3. The Hall–Kier alpha value is 0.170. The van der Waals surface area contributed by atoms with Crippen molar-refractivity contribution in [1.29, 1.82) is 0 Å². The molecule has 0 aromatic rings. The van der Waals surface area contributed by atoms with Crippen molar-refractivity contribution in [3.8, 4) is 0 Å². The quantitative estimate of drug-likeness (QED) is 0.418. The van der Waals surface area contributed by atoms with Gasteiger partial charge < -0.3 is 14.2 Å². The van der Waals surface area contributed by atoms with Gasteiger partial charge in [-0.15, -0.1) is 11.6 Å². The predicted molar refractivity (Wildman–Crippen MR) is 67.2 cm³/mol. The summed E-state index contributed by atoms with van der Waals surface area (Å²) in [6.45, 7) is 10.4. The number of ether oxygens (including phenoxy) is 3. The smallest absolute Gasteiger partial charge is 0.0700 e. The van der Waals surface area contributed by atoms with Crippen molar-refractivity contribution in [3.05, 3.63) is 0 Å². The first kappa shape index (κ1) is 16.2. The molecule has 0 aliphatic heterocycles. The molecule has 0 atom stereocenters. The Labute approximate surface area is 104 Å². The van der Waals surface area contributed by atoms with E-state index in [1.807, 2.05) is 0 Å². The highest BCUT2D eigenvalue weighted by Gasteiger charge is 2.18. The Morgan fingerprint density at radius 3 is 2.00 bits per heavy atom. The third-order valence-electron chi connectivity index (χ3n) is 1.93. The van der Waals surface area contributed by atoms with Crippen LogP contribution in [0.2, 0.25) is 0 Å². The average Bonchev–Trinajstić information content (AvgIpc) is 2.23. The van der Waals surface area contributed by atoms with Gasteiger partial charge in [0.2, 0.25) is 0 Å². The minimum Gasteiger partial charge on any atom is -0.380 e. The van der Waals surface area contributed by atoms with E-state index >= 15 is 0 Å². The second kappa shape index (κ2) is 10.3. The maximum Gasteiger partial charge on any atom is 0.0700 e. The van der Waals surface area contributed by atoms with E-state index in [2.05, 4.69) is 20.8 Å². The van der Waals surface area contributed by atoms with E-state index in [0.717, 1.165) is 13.0 Å². The molecule has 0 aromatic heterocycles. The fraction of sp³-hybridized carbons (Fsp3) is 1.00. The van der Waals surface area contributed by atoms with Crippen LogP contribution in [0.3, 0.4) is 0 Å². The van der Waals surface area contributed by atoms with Crippen LogP contribution in [0.15, 0.2) is 0 Å². The van der Waals surface area contributed by atoms with Crippen LogP contribution in [-0.4, -0.2) is 45.5 Å². The summed E-state index contributed by atoms with van der Waals surface area (Å²) in [7, 11) is 0. The second-order valence-corrected chi connectivity index (χ2v) is 4.95. The molecule has 0 unspecified atom stereocenters. The largest absolute Gasteiger partial charge is 0.380 e. The molecule has 0 radical (unpaired) electrons. The molecule has 0 fully saturated rings. The van der Waals surface area contributed by atoms with Crippen molar-refractivity contribution in [1.82, 2.24) is 0 Å². The van der Waals surface area contributed by atoms with Gasteiger partial charge in [-0.3, -0.25) is 0 Å². The van der Waals surface area contributed by atoms with Crippen molar-refractivity contribution in [2.24, 2.45) is 5.41 Å². The van der Waals surface area contributed by atoms with Gasteiger partial charge in [-0.05, 0) is 6.42 Å². The van der Waals surface area contributed by atoms with Crippen molar-refractivity contribution in [3.63, 3.8) is 0 Å². The van der Waals surface area contributed by atoms with E-state index in [4.69, 9.17) is 25.8 Å². The first-order chi connectivity index (χ1) is 7.62. The van der Waals surface area contributed by atoms with Gasteiger partial charge in [-0.2, -0.15) is 0 Å². The highest BCUT2D eigenvalue weighted by molar-refractivity contribution is 6.17. The van der Waals surface area contributed by atoms with Gasteiger partial charge in [-0.25, -0.2) is 0 Å². The van der Waals surface area contributed by atoms with Gasteiger partial charge >= 0.3 is 0 Å². The molecule has 0 aliphatic carbocycles. The zero-order valence-corrected chi connectivity index (χ0v) is 11.5. The van der Waals surface area contributed by atoms with Crippen LogP contribution in [0, 0.1) is 5.41 Å². The topological polar surface area (TPSA) is 27.7 Å². The SMILES string of the molecule is CCCOCCOCC(C)(C)COCCCl. The van der Waals surface area contributed by atoms with E-state index in [1.165, 1.54) is 0 Å². The lowest BCUT2D eigenvalue weighted by atomic mass is 9.96. The average molecular weight is 253 g/mol. The molecular formula is C12H25ClO3. The van der Waals surface area contributed by atoms with Crippen molar-refractivity contribution < 1.29 is 14.2 Å². The molecular weight excluding hydrogens is 228 g/mol. The second-order valence-electron chi connectivity index (χ2n) is 4.57. The number of halogens is 1. The summed E-state index contributed by atoms with van der Waals surface area (Å²) in [5.41, 5.74) is 0.0385. The van der Waals surface area contributed by atoms with Gasteiger partial charge in [-0.1, -0.05) is 20.8 Å². The van der Waals surface area contributed by atoms with Gasteiger partial charge in [0.1, 0.15) is 0 Å². The lowest BCUT2D eigenvalue weighted by Crippen LogP contribution is -2.26. The van der Waals surface area contributed by atoms with Gasteiger partial charge in [0.05, 0.1) is 33.0 Å². The Morgan fingerprint density at radius 1 is 0.875 bits per heavy atom. The lowest BCUT2D eigenvalue weighted by Gasteiger charge is -2.24. The molecule has 0 heterocycles. The van der Waals surface area contributed by atoms with Crippen LogP contribution in [-0.2, 0) is 14.2 Å². The van der Waals surface area contributed by atoms with Gasteiger partial charge in [0.25, 0.3) is 0 Å². The minimum atomic E-state index is 0.0385. The first-order valence-electron chi connectivity index (χ1n) is 5.91. The fourth-order valence-corrected chi connectivity index (χ4v) is 1.27. The van der Waals surface area contributed by atoms with Crippen LogP contribution in [0.5, 0.6) is 0 Å². The lowest BCUT2D eigenvalue weighted by molar-refractivity contribution is -0.0187. The third-order valence-corrected chi connectivity index (χ3v) is 2.08. The first-order valence-corrected chi connectivity index (χ1v) is 6.45. The minimum absolute atomic E-state index is 0.0385. The monoisotopic (exact) mass is 252 g/mol. The third kappa shape index (κ3) is 10.7. The van der Waals surface area contributed by atoms with Crippen LogP contribution < -0.4 is 0 Å². The zero-order valence-electron chi connectivity index (χ0n) is 10.8. The Morgan fingerprint density at radius 2 is 1.44 bits per heavy atom. The summed E-state index contributed by atoms with van der Waals surface area (Å²) in [5.74, 6) is 0.543. The normalized spacial score (nSPS) is 12.0. The summed E-state index contributed by atoms with van der Waals surface area (Å²) in [6.07, 6.45) is 1.05. The Balaban J connectivity index is 3.35. The Bertz CT molecular complexity index is 151. The van der Waals surface area contributed by atoms with E-state index in [9.17, 15) is 0 Å². The highest BCUT2D eigenvalue weighted by Crippen LogP contribution is 2.15. The maximum atomic E-state index is 5.54. The van der Waals surface area contributed by atoms with Crippen LogP contribution in [0.25, 0.3) is 0 Å². The molecule has 16 heavy (non-hydrogen) atoms. The molecule has 0 rings (SSSR count). The summed E-state index contributed by atoms with van der Waals surface area (Å²) in [5, 5.41) is 0. The van der Waals surface area contributed by atoms with Crippen LogP contribution in [0.1, 0.15) is 27.2 Å². The molecule has 0 saturated heterocycles. The molecule has 0 amide bonds. The molecule has 3 nitrogen and oxygen atoms in total. The summed E-state index contributed by atoms with van der Waals surface area (Å²) >= 11 is 5.53. The number of hydrogen-bond donors (Lipinski definition) is 0. The van der Waals surface area contributed by atoms with E-state index in [-0.39, 0.29) is 5.41 Å². The molecule has 0 bridgehead atoms. The molecule has 98 valence electrons. The Kier molecular flexibility index (Phi) is 10.4.